The Hall–Kier alpha value is -2.29. The van der Waals surface area contributed by atoms with Gasteiger partial charge >= 0.3 is 205 Å². The number of hydrogen-bond donors (Lipinski definition) is 0. The zero-order valence-corrected chi connectivity index (χ0v) is 22.2. The number of benzene rings is 6. The van der Waals surface area contributed by atoms with E-state index in [2.05, 4.69) is 108 Å². The molecule has 0 aliphatic rings. The van der Waals surface area contributed by atoms with Crippen LogP contribution in [0.1, 0.15) is 12.8 Å². The molecule has 0 atom stereocenters. The Kier molecular flexibility index (Phi) is 5.44. The fourth-order valence-electron chi connectivity index (χ4n) is 4.90. The minimum atomic E-state index is -0.0887. The average molecular weight is 529 g/mol. The van der Waals surface area contributed by atoms with Crippen molar-refractivity contribution in [2.75, 3.05) is 0 Å². The van der Waals surface area contributed by atoms with Crippen molar-refractivity contribution in [3.05, 3.63) is 91.0 Å². The predicted octanol–water partition coefficient (Wildman–Crippen LogP) is 7.57. The summed E-state index contributed by atoms with van der Waals surface area (Å²) < 4.78 is 1.62. The molecule has 6 aromatic carbocycles. The molecule has 0 bridgehead atoms. The Morgan fingerprint density at radius 1 is 0.500 bits per heavy atom. The molecule has 2 heteroatoms. The van der Waals surface area contributed by atoms with Crippen LogP contribution in [0, 0.1) is 0 Å². The van der Waals surface area contributed by atoms with Crippen molar-refractivity contribution in [2.45, 2.75) is 23.3 Å². The summed E-state index contributed by atoms with van der Waals surface area (Å²) in [4.78, 5) is 0. The van der Waals surface area contributed by atoms with E-state index in [0.29, 0.717) is 0 Å². The molecule has 32 heavy (non-hydrogen) atoms. The molecule has 0 N–H and O–H groups in total. The molecule has 0 aliphatic heterocycles. The van der Waals surface area contributed by atoms with Gasteiger partial charge in [-0.05, 0) is 0 Å². The molecule has 0 heterocycles. The molecule has 0 saturated carbocycles. The van der Waals surface area contributed by atoms with Crippen LogP contribution in [0.25, 0.3) is 53.9 Å². The van der Waals surface area contributed by atoms with E-state index in [0.717, 1.165) is 0 Å². The first-order chi connectivity index (χ1) is 15.8. The molecule has 0 fully saturated rings. The van der Waals surface area contributed by atoms with E-state index in [-0.39, 0.29) is 15.4 Å². The Balaban J connectivity index is 1.57. The summed E-state index contributed by atoms with van der Waals surface area (Å²) in [6.45, 7) is 0. The topological polar surface area (TPSA) is 0 Å². The Morgan fingerprint density at radius 3 is 1.84 bits per heavy atom. The SMILES string of the molecule is [Ge][CH2]CC[CH2][Ge][c]1cccc2cc3ccc4cc5cc6ccccc6cc5cc4c3cc12. The van der Waals surface area contributed by atoms with Gasteiger partial charge in [0.1, 0.15) is 0 Å². The van der Waals surface area contributed by atoms with Crippen LogP contribution in [0.2, 0.25) is 10.5 Å². The zero-order chi connectivity index (χ0) is 21.5. The average Bonchev–Trinajstić information content (AvgIpc) is 2.83. The van der Waals surface area contributed by atoms with Gasteiger partial charge in [-0.3, -0.25) is 0 Å². The number of fused-ring (bicyclic) bond motifs is 6. The molecule has 5 radical (unpaired) electrons. The Bertz CT molecular complexity index is 1610. The first kappa shape index (κ1) is 20.3. The van der Waals surface area contributed by atoms with Crippen LogP contribution in [0.15, 0.2) is 91.0 Å². The van der Waals surface area contributed by atoms with Crippen LogP contribution in [0.3, 0.4) is 0 Å². The summed E-state index contributed by atoms with van der Waals surface area (Å²) in [5, 5.41) is 16.3. The quantitative estimate of drug-likeness (QED) is 0.0937. The molecule has 6 aromatic rings. The first-order valence-corrected chi connectivity index (χ1v) is 15.4. The van der Waals surface area contributed by atoms with E-state index in [1.54, 1.807) is 4.40 Å². The maximum atomic E-state index is 2.48. The summed E-state index contributed by atoms with van der Waals surface area (Å²) in [6.07, 6.45) is 2.74. The summed E-state index contributed by atoms with van der Waals surface area (Å²) in [5.74, 6) is 0. The second-order valence-electron chi connectivity index (χ2n) is 8.67. The standard InChI is InChI=1S/C30H23Ge2/c31-12-3-4-13-32-30-9-5-8-22-16-23-10-11-24-17-25-14-20-6-1-2-7-21(20)15-26(25)18-27(24)28(23)19-29(22)30/h1-2,5-11,14-19H,3-4,12-13H2. The van der Waals surface area contributed by atoms with Crippen LogP contribution in [0.5, 0.6) is 0 Å². The third-order valence-corrected chi connectivity index (χ3v) is 10.3. The normalized spacial score (nSPS) is 11.9. The van der Waals surface area contributed by atoms with Gasteiger partial charge in [0.2, 0.25) is 0 Å². The monoisotopic (exact) mass is 531 g/mol. The molecule has 0 spiro atoms. The maximum absolute atomic E-state index is 2.48. The fraction of sp³-hybridized carbons (Fsp3) is 0.133. The molecule has 6 rings (SSSR count). The second-order valence-corrected chi connectivity index (χ2v) is 12.6. The molecule has 0 aromatic heterocycles. The third kappa shape index (κ3) is 3.64. The van der Waals surface area contributed by atoms with E-state index >= 15 is 0 Å². The van der Waals surface area contributed by atoms with E-state index in [9.17, 15) is 0 Å². The molecule has 0 amide bonds. The van der Waals surface area contributed by atoms with Crippen molar-refractivity contribution in [1.29, 1.82) is 0 Å². The van der Waals surface area contributed by atoms with Crippen LogP contribution >= 0.6 is 0 Å². The predicted molar refractivity (Wildman–Crippen MR) is 144 cm³/mol. The van der Waals surface area contributed by atoms with E-state index in [1.807, 2.05) is 0 Å². The number of unbranched alkanes of at least 4 members (excludes halogenated alkanes) is 1. The van der Waals surface area contributed by atoms with Crippen molar-refractivity contribution >= 4 is 90.2 Å². The van der Waals surface area contributed by atoms with Gasteiger partial charge in [0, 0.05) is 0 Å². The molecule has 0 nitrogen and oxygen atoms in total. The van der Waals surface area contributed by atoms with Crippen molar-refractivity contribution in [3.8, 4) is 0 Å². The third-order valence-electron chi connectivity index (χ3n) is 6.58. The van der Waals surface area contributed by atoms with Crippen LogP contribution in [0.4, 0.5) is 0 Å². The molecule has 0 aliphatic carbocycles. The first-order valence-electron chi connectivity index (χ1n) is 11.4. The van der Waals surface area contributed by atoms with Crippen molar-refractivity contribution in [2.24, 2.45) is 0 Å². The van der Waals surface area contributed by atoms with Crippen molar-refractivity contribution in [3.63, 3.8) is 0 Å². The molecule has 0 saturated heterocycles. The van der Waals surface area contributed by atoms with Gasteiger partial charge in [0.05, 0.1) is 0 Å². The molecule has 151 valence electrons. The van der Waals surface area contributed by atoms with Gasteiger partial charge in [0.15, 0.2) is 0 Å². The van der Waals surface area contributed by atoms with Gasteiger partial charge in [-0.15, -0.1) is 0 Å². The van der Waals surface area contributed by atoms with Gasteiger partial charge in [-0.25, -0.2) is 0 Å². The van der Waals surface area contributed by atoms with Crippen molar-refractivity contribution in [1.82, 2.24) is 0 Å². The number of rotatable bonds is 5. The Morgan fingerprint density at radius 2 is 1.09 bits per heavy atom. The van der Waals surface area contributed by atoms with Crippen LogP contribution in [-0.2, 0) is 0 Å². The van der Waals surface area contributed by atoms with Crippen LogP contribution in [-0.4, -0.2) is 31.9 Å². The fourth-order valence-corrected chi connectivity index (χ4v) is 8.19. The zero-order valence-electron chi connectivity index (χ0n) is 18.0. The van der Waals surface area contributed by atoms with Gasteiger partial charge in [-0.1, -0.05) is 0 Å². The number of hydrogen-bond acceptors (Lipinski definition) is 0. The van der Waals surface area contributed by atoms with Gasteiger partial charge in [-0.2, -0.15) is 0 Å². The van der Waals surface area contributed by atoms with Crippen molar-refractivity contribution < 1.29 is 0 Å². The molecule has 0 unspecified atom stereocenters. The minimum absolute atomic E-state index is 0.0887. The summed E-state index contributed by atoms with van der Waals surface area (Å²) >= 11 is 2.20. The second kappa shape index (κ2) is 8.57. The summed E-state index contributed by atoms with van der Waals surface area (Å²) in [6, 6.07) is 34.5. The Labute approximate surface area is 203 Å². The van der Waals surface area contributed by atoms with E-state index in [4.69, 9.17) is 0 Å². The van der Waals surface area contributed by atoms with Gasteiger partial charge in [0.25, 0.3) is 0 Å². The summed E-state index contributed by atoms with van der Waals surface area (Å²) in [5.41, 5.74) is 0. The molecular weight excluding hydrogens is 506 g/mol. The van der Waals surface area contributed by atoms with Gasteiger partial charge < -0.3 is 0 Å². The van der Waals surface area contributed by atoms with E-state index < -0.39 is 0 Å². The summed E-state index contributed by atoms with van der Waals surface area (Å²) in [7, 11) is 0. The van der Waals surface area contributed by atoms with Crippen LogP contribution < -0.4 is 4.40 Å². The van der Waals surface area contributed by atoms with E-state index in [1.165, 1.54) is 77.2 Å². The molecular formula is C30H23Ge2.